The Morgan fingerprint density at radius 3 is 2.17 bits per heavy atom. The smallest absolute Gasteiger partial charge is 0.251 e. The molecule has 6 nitrogen and oxygen atoms in total. The first-order chi connectivity index (χ1) is 11.3. The monoisotopic (exact) mass is 349 g/mol. The molecule has 1 amide bonds. The molecule has 0 saturated heterocycles. The number of hydrogen-bond donors (Lipinski definition) is 1. The molecule has 2 aromatic rings. The Hall–Kier alpha value is -2.54. The van der Waals surface area contributed by atoms with Gasteiger partial charge in [-0.3, -0.25) is 4.79 Å². The van der Waals surface area contributed by atoms with Crippen molar-refractivity contribution in [3.8, 4) is 11.5 Å². The molecular formula is C17H19NO5S. The summed E-state index contributed by atoms with van der Waals surface area (Å²) in [6.07, 6.45) is 1.12. The molecule has 7 heteroatoms. The van der Waals surface area contributed by atoms with E-state index in [4.69, 9.17) is 9.47 Å². The summed E-state index contributed by atoms with van der Waals surface area (Å²) in [6, 6.07) is 11.2. The SMILES string of the molecule is COc1ccc(CNC(=O)c2ccc(S(C)(=O)=O)cc2)cc1OC. The summed E-state index contributed by atoms with van der Waals surface area (Å²) in [5.74, 6) is 0.913. The normalized spacial score (nSPS) is 11.0. The van der Waals surface area contributed by atoms with E-state index < -0.39 is 9.84 Å². The van der Waals surface area contributed by atoms with Crippen LogP contribution in [0.2, 0.25) is 0 Å². The number of rotatable bonds is 6. The molecule has 0 fully saturated rings. The number of carbonyl (C=O) groups is 1. The Labute approximate surface area is 141 Å². The van der Waals surface area contributed by atoms with Crippen LogP contribution in [0.3, 0.4) is 0 Å². The second kappa shape index (κ2) is 7.35. The van der Waals surface area contributed by atoms with Crippen LogP contribution in [0.5, 0.6) is 11.5 Å². The molecule has 0 aromatic heterocycles. The molecule has 128 valence electrons. The zero-order valence-corrected chi connectivity index (χ0v) is 14.5. The zero-order valence-electron chi connectivity index (χ0n) is 13.7. The van der Waals surface area contributed by atoms with Crippen LogP contribution in [-0.4, -0.2) is 34.8 Å². The van der Waals surface area contributed by atoms with Gasteiger partial charge in [0.15, 0.2) is 21.3 Å². The first-order valence-corrected chi connectivity index (χ1v) is 9.03. The summed E-state index contributed by atoms with van der Waals surface area (Å²) >= 11 is 0. The highest BCUT2D eigenvalue weighted by Gasteiger charge is 2.10. The lowest BCUT2D eigenvalue weighted by molar-refractivity contribution is 0.0950. The molecule has 0 heterocycles. The van der Waals surface area contributed by atoms with Crippen LogP contribution in [0.25, 0.3) is 0 Å². The first kappa shape index (κ1) is 17.8. The number of methoxy groups -OCH3 is 2. The van der Waals surface area contributed by atoms with Gasteiger partial charge < -0.3 is 14.8 Å². The van der Waals surface area contributed by atoms with Gasteiger partial charge in [0.1, 0.15) is 0 Å². The van der Waals surface area contributed by atoms with Crippen molar-refractivity contribution in [2.45, 2.75) is 11.4 Å². The highest BCUT2D eigenvalue weighted by atomic mass is 32.2. The van der Waals surface area contributed by atoms with E-state index in [9.17, 15) is 13.2 Å². The van der Waals surface area contributed by atoms with Crippen LogP contribution in [0.15, 0.2) is 47.4 Å². The standard InChI is InChI=1S/C17H19NO5S/c1-22-15-9-4-12(10-16(15)23-2)11-18-17(19)13-5-7-14(8-6-13)24(3,20)21/h4-10H,11H2,1-3H3,(H,18,19). The highest BCUT2D eigenvalue weighted by Crippen LogP contribution is 2.27. The summed E-state index contributed by atoms with van der Waals surface area (Å²) in [7, 11) is -0.172. The number of amides is 1. The van der Waals surface area contributed by atoms with Crippen molar-refractivity contribution < 1.29 is 22.7 Å². The average molecular weight is 349 g/mol. The summed E-state index contributed by atoms with van der Waals surface area (Å²) < 4.78 is 33.2. The maximum Gasteiger partial charge on any atom is 0.251 e. The van der Waals surface area contributed by atoms with E-state index in [2.05, 4.69) is 5.32 Å². The molecule has 0 aliphatic heterocycles. The average Bonchev–Trinajstić information content (AvgIpc) is 2.58. The van der Waals surface area contributed by atoms with E-state index in [1.165, 1.54) is 24.3 Å². The summed E-state index contributed by atoms with van der Waals surface area (Å²) in [4.78, 5) is 12.3. The molecular weight excluding hydrogens is 330 g/mol. The number of sulfone groups is 1. The molecule has 0 saturated carbocycles. The molecule has 0 bridgehead atoms. The number of carbonyl (C=O) groups excluding carboxylic acids is 1. The van der Waals surface area contributed by atoms with Crippen LogP contribution in [0.1, 0.15) is 15.9 Å². The minimum atomic E-state index is -3.27. The van der Waals surface area contributed by atoms with Crippen LogP contribution < -0.4 is 14.8 Å². The van der Waals surface area contributed by atoms with E-state index in [-0.39, 0.29) is 10.8 Å². The van der Waals surface area contributed by atoms with Gasteiger partial charge in [-0.2, -0.15) is 0 Å². The number of nitrogens with one attached hydrogen (secondary N) is 1. The van der Waals surface area contributed by atoms with Gasteiger partial charge in [-0.1, -0.05) is 6.07 Å². The lowest BCUT2D eigenvalue weighted by Gasteiger charge is -2.10. The predicted octanol–water partition coefficient (Wildman–Crippen LogP) is 2.04. The van der Waals surface area contributed by atoms with Crippen LogP contribution >= 0.6 is 0 Å². The Morgan fingerprint density at radius 2 is 1.62 bits per heavy atom. The molecule has 2 aromatic carbocycles. The second-order valence-electron chi connectivity index (χ2n) is 5.17. The minimum Gasteiger partial charge on any atom is -0.493 e. The van der Waals surface area contributed by atoms with E-state index in [1.807, 2.05) is 6.07 Å². The van der Waals surface area contributed by atoms with Crippen molar-refractivity contribution in [1.29, 1.82) is 0 Å². The molecule has 24 heavy (non-hydrogen) atoms. The van der Waals surface area contributed by atoms with Gasteiger partial charge in [0, 0.05) is 18.4 Å². The molecule has 1 N–H and O–H groups in total. The maximum atomic E-state index is 12.1. The Morgan fingerprint density at radius 1 is 1.00 bits per heavy atom. The van der Waals surface area contributed by atoms with Crippen LogP contribution in [0.4, 0.5) is 0 Å². The minimum absolute atomic E-state index is 0.180. The highest BCUT2D eigenvalue weighted by molar-refractivity contribution is 7.90. The van der Waals surface area contributed by atoms with E-state index in [0.717, 1.165) is 11.8 Å². The van der Waals surface area contributed by atoms with Gasteiger partial charge in [0.05, 0.1) is 19.1 Å². The van der Waals surface area contributed by atoms with Gasteiger partial charge in [-0.05, 0) is 42.0 Å². The topological polar surface area (TPSA) is 81.7 Å². The third-order valence-electron chi connectivity index (χ3n) is 3.45. The van der Waals surface area contributed by atoms with Gasteiger partial charge >= 0.3 is 0 Å². The zero-order chi connectivity index (χ0) is 17.7. The predicted molar refractivity (Wildman–Crippen MR) is 90.3 cm³/mol. The van der Waals surface area contributed by atoms with E-state index in [0.29, 0.717) is 23.6 Å². The van der Waals surface area contributed by atoms with Crippen molar-refractivity contribution in [2.75, 3.05) is 20.5 Å². The Kier molecular flexibility index (Phi) is 5.46. The quantitative estimate of drug-likeness (QED) is 0.863. The van der Waals surface area contributed by atoms with Gasteiger partial charge in [-0.15, -0.1) is 0 Å². The summed E-state index contributed by atoms with van der Waals surface area (Å²) in [5.41, 5.74) is 1.25. The third-order valence-corrected chi connectivity index (χ3v) is 4.57. The Balaban J connectivity index is 2.05. The second-order valence-corrected chi connectivity index (χ2v) is 7.18. The number of hydrogen-bond acceptors (Lipinski definition) is 5. The van der Waals surface area contributed by atoms with Crippen molar-refractivity contribution in [3.05, 3.63) is 53.6 Å². The number of benzene rings is 2. The van der Waals surface area contributed by atoms with Crippen LogP contribution in [-0.2, 0) is 16.4 Å². The number of ether oxygens (including phenoxy) is 2. The molecule has 2 rings (SSSR count). The Bertz CT molecular complexity index is 829. The fourth-order valence-electron chi connectivity index (χ4n) is 2.13. The summed E-state index contributed by atoms with van der Waals surface area (Å²) in [5, 5.41) is 2.78. The van der Waals surface area contributed by atoms with Crippen molar-refractivity contribution in [2.24, 2.45) is 0 Å². The van der Waals surface area contributed by atoms with Crippen LogP contribution in [0, 0.1) is 0 Å². The molecule has 0 aliphatic rings. The van der Waals surface area contributed by atoms with Crippen molar-refractivity contribution in [3.63, 3.8) is 0 Å². The third kappa shape index (κ3) is 4.26. The fourth-order valence-corrected chi connectivity index (χ4v) is 2.76. The fraction of sp³-hybridized carbons (Fsp3) is 0.235. The van der Waals surface area contributed by atoms with E-state index >= 15 is 0 Å². The van der Waals surface area contributed by atoms with Crippen molar-refractivity contribution >= 4 is 15.7 Å². The van der Waals surface area contributed by atoms with Gasteiger partial charge in [-0.25, -0.2) is 8.42 Å². The lowest BCUT2D eigenvalue weighted by atomic mass is 10.1. The largest absolute Gasteiger partial charge is 0.493 e. The molecule has 0 spiro atoms. The van der Waals surface area contributed by atoms with Gasteiger partial charge in [0.2, 0.25) is 0 Å². The van der Waals surface area contributed by atoms with E-state index in [1.54, 1.807) is 26.4 Å². The molecule has 0 unspecified atom stereocenters. The lowest BCUT2D eigenvalue weighted by Crippen LogP contribution is -2.22. The molecule has 0 radical (unpaired) electrons. The summed E-state index contributed by atoms with van der Waals surface area (Å²) in [6.45, 7) is 0.313. The molecule has 0 atom stereocenters. The van der Waals surface area contributed by atoms with Gasteiger partial charge in [0.25, 0.3) is 5.91 Å². The van der Waals surface area contributed by atoms with Crippen molar-refractivity contribution in [1.82, 2.24) is 5.32 Å². The molecule has 0 aliphatic carbocycles. The first-order valence-electron chi connectivity index (χ1n) is 7.14. The maximum absolute atomic E-state index is 12.1.